The maximum Gasteiger partial charge on any atom is 0.344 e. The SMILES string of the molecule is Cc1cc(C)c(OCC(=O)OCCNC(=O)c2cccnc2)c(C)c1.Cl. The summed E-state index contributed by atoms with van der Waals surface area (Å²) in [7, 11) is 0. The molecular formula is C19H23ClN2O4. The minimum Gasteiger partial charge on any atom is -0.481 e. The van der Waals surface area contributed by atoms with E-state index in [4.69, 9.17) is 9.47 Å². The maximum absolute atomic E-state index is 11.8. The van der Waals surface area contributed by atoms with Crippen LogP contribution in [0.2, 0.25) is 0 Å². The van der Waals surface area contributed by atoms with Crippen LogP contribution in [-0.2, 0) is 9.53 Å². The van der Waals surface area contributed by atoms with Crippen LogP contribution in [0.25, 0.3) is 0 Å². The van der Waals surface area contributed by atoms with Gasteiger partial charge in [0.1, 0.15) is 12.4 Å². The molecule has 1 amide bonds. The summed E-state index contributed by atoms with van der Waals surface area (Å²) in [6.07, 6.45) is 3.07. The summed E-state index contributed by atoms with van der Waals surface area (Å²) in [6, 6.07) is 7.35. The molecule has 7 heteroatoms. The van der Waals surface area contributed by atoms with Gasteiger partial charge < -0.3 is 14.8 Å². The van der Waals surface area contributed by atoms with E-state index in [1.807, 2.05) is 32.9 Å². The smallest absolute Gasteiger partial charge is 0.344 e. The number of hydrogen-bond acceptors (Lipinski definition) is 5. The van der Waals surface area contributed by atoms with Crippen LogP contribution in [-0.4, -0.2) is 36.6 Å². The Hall–Kier alpha value is -2.60. The zero-order chi connectivity index (χ0) is 18.2. The highest BCUT2D eigenvalue weighted by Gasteiger charge is 2.10. The van der Waals surface area contributed by atoms with Crippen LogP contribution in [0, 0.1) is 20.8 Å². The Kier molecular flexibility index (Phi) is 8.58. The molecule has 1 aromatic heterocycles. The van der Waals surface area contributed by atoms with Crippen molar-refractivity contribution in [2.75, 3.05) is 19.8 Å². The van der Waals surface area contributed by atoms with Gasteiger partial charge in [0.15, 0.2) is 6.61 Å². The molecule has 0 spiro atoms. The van der Waals surface area contributed by atoms with Crippen molar-refractivity contribution in [1.82, 2.24) is 10.3 Å². The normalized spacial score (nSPS) is 9.81. The number of benzene rings is 1. The largest absolute Gasteiger partial charge is 0.481 e. The first-order chi connectivity index (χ1) is 12.0. The van der Waals surface area contributed by atoms with E-state index < -0.39 is 5.97 Å². The number of halogens is 1. The first kappa shape index (κ1) is 21.4. The van der Waals surface area contributed by atoms with E-state index in [1.54, 1.807) is 18.3 Å². The Bertz CT molecular complexity index is 727. The van der Waals surface area contributed by atoms with Crippen molar-refractivity contribution < 1.29 is 19.1 Å². The molecule has 0 aliphatic carbocycles. The molecule has 26 heavy (non-hydrogen) atoms. The van der Waals surface area contributed by atoms with E-state index in [9.17, 15) is 9.59 Å². The summed E-state index contributed by atoms with van der Waals surface area (Å²) >= 11 is 0. The van der Waals surface area contributed by atoms with Crippen LogP contribution in [0.15, 0.2) is 36.7 Å². The van der Waals surface area contributed by atoms with Gasteiger partial charge in [-0.15, -0.1) is 12.4 Å². The molecule has 0 aliphatic rings. The van der Waals surface area contributed by atoms with Gasteiger partial charge in [0.05, 0.1) is 12.1 Å². The van der Waals surface area contributed by atoms with Crippen LogP contribution in [0.5, 0.6) is 5.75 Å². The monoisotopic (exact) mass is 378 g/mol. The van der Waals surface area contributed by atoms with Gasteiger partial charge >= 0.3 is 5.97 Å². The second-order valence-corrected chi connectivity index (χ2v) is 5.73. The average Bonchev–Trinajstić information content (AvgIpc) is 2.58. The molecule has 1 N–H and O–H groups in total. The summed E-state index contributed by atoms with van der Waals surface area (Å²) in [5, 5.41) is 2.66. The maximum atomic E-state index is 11.8. The molecular weight excluding hydrogens is 356 g/mol. The first-order valence-electron chi connectivity index (χ1n) is 8.02. The van der Waals surface area contributed by atoms with E-state index in [2.05, 4.69) is 10.3 Å². The molecule has 0 atom stereocenters. The van der Waals surface area contributed by atoms with Crippen molar-refractivity contribution >= 4 is 24.3 Å². The first-order valence-corrected chi connectivity index (χ1v) is 8.02. The lowest BCUT2D eigenvalue weighted by atomic mass is 10.1. The minimum atomic E-state index is -0.477. The molecule has 0 aliphatic heterocycles. The van der Waals surface area contributed by atoms with Crippen molar-refractivity contribution in [2.24, 2.45) is 0 Å². The predicted octanol–water partition coefficient (Wildman–Crippen LogP) is 2.78. The highest BCUT2D eigenvalue weighted by Crippen LogP contribution is 2.24. The van der Waals surface area contributed by atoms with Crippen molar-refractivity contribution in [3.05, 3.63) is 58.9 Å². The van der Waals surface area contributed by atoms with Crippen molar-refractivity contribution in [3.63, 3.8) is 0 Å². The Labute approximate surface area is 159 Å². The van der Waals surface area contributed by atoms with Gasteiger partial charge in [-0.05, 0) is 44.0 Å². The molecule has 0 bridgehead atoms. The predicted molar refractivity (Wildman–Crippen MR) is 101 cm³/mol. The van der Waals surface area contributed by atoms with Crippen LogP contribution in [0.1, 0.15) is 27.0 Å². The van der Waals surface area contributed by atoms with Crippen LogP contribution >= 0.6 is 12.4 Å². The van der Waals surface area contributed by atoms with Crippen LogP contribution in [0.3, 0.4) is 0 Å². The molecule has 0 fully saturated rings. The minimum absolute atomic E-state index is 0. The fraction of sp³-hybridized carbons (Fsp3) is 0.316. The molecule has 0 unspecified atom stereocenters. The molecule has 0 saturated carbocycles. The number of nitrogens with one attached hydrogen (secondary N) is 1. The lowest BCUT2D eigenvalue weighted by Gasteiger charge is -2.13. The number of ether oxygens (including phenoxy) is 2. The Balaban J connectivity index is 0.00000338. The van der Waals surface area contributed by atoms with E-state index in [0.717, 1.165) is 16.7 Å². The quantitative estimate of drug-likeness (QED) is 0.592. The number of carbonyl (C=O) groups is 2. The summed E-state index contributed by atoms with van der Waals surface area (Å²) in [5.41, 5.74) is 3.57. The van der Waals surface area contributed by atoms with Crippen molar-refractivity contribution in [2.45, 2.75) is 20.8 Å². The fourth-order valence-corrected chi connectivity index (χ4v) is 2.50. The molecule has 2 aromatic rings. The number of aromatic nitrogens is 1. The second kappa shape index (κ2) is 10.4. The number of esters is 1. The molecule has 6 nitrogen and oxygen atoms in total. The van der Waals surface area contributed by atoms with Gasteiger partial charge in [-0.1, -0.05) is 17.7 Å². The molecule has 0 saturated heterocycles. The second-order valence-electron chi connectivity index (χ2n) is 5.73. The number of carbonyl (C=O) groups excluding carboxylic acids is 2. The van der Waals surface area contributed by atoms with Gasteiger partial charge in [-0.3, -0.25) is 9.78 Å². The van der Waals surface area contributed by atoms with Crippen molar-refractivity contribution in [1.29, 1.82) is 0 Å². The number of amides is 1. The third kappa shape index (κ3) is 6.37. The van der Waals surface area contributed by atoms with Crippen molar-refractivity contribution in [3.8, 4) is 5.75 Å². The number of rotatable bonds is 7. The lowest BCUT2D eigenvalue weighted by Crippen LogP contribution is -2.29. The number of aryl methyl sites for hydroxylation is 3. The highest BCUT2D eigenvalue weighted by atomic mass is 35.5. The summed E-state index contributed by atoms with van der Waals surface area (Å²) in [5.74, 6) is -0.0336. The summed E-state index contributed by atoms with van der Waals surface area (Å²) in [6.45, 7) is 6.03. The molecule has 0 radical (unpaired) electrons. The zero-order valence-electron chi connectivity index (χ0n) is 15.1. The van der Waals surface area contributed by atoms with Crippen LogP contribution in [0.4, 0.5) is 0 Å². The lowest BCUT2D eigenvalue weighted by molar-refractivity contribution is -0.145. The van der Waals surface area contributed by atoms with Gasteiger partial charge in [0.2, 0.25) is 0 Å². The highest BCUT2D eigenvalue weighted by molar-refractivity contribution is 5.93. The van der Waals surface area contributed by atoms with Gasteiger partial charge in [0.25, 0.3) is 5.91 Å². The topological polar surface area (TPSA) is 77.5 Å². The average molecular weight is 379 g/mol. The zero-order valence-corrected chi connectivity index (χ0v) is 15.9. The third-order valence-corrected chi connectivity index (χ3v) is 3.51. The molecule has 140 valence electrons. The Morgan fingerprint density at radius 1 is 1.15 bits per heavy atom. The van der Waals surface area contributed by atoms with E-state index in [-0.39, 0.29) is 38.1 Å². The van der Waals surface area contributed by atoms with E-state index in [1.165, 1.54) is 6.20 Å². The number of hydrogen-bond donors (Lipinski definition) is 1. The molecule has 1 heterocycles. The Morgan fingerprint density at radius 2 is 1.85 bits per heavy atom. The van der Waals surface area contributed by atoms with Gasteiger partial charge in [0, 0.05) is 12.4 Å². The number of pyridine rings is 1. The third-order valence-electron chi connectivity index (χ3n) is 3.51. The fourth-order valence-electron chi connectivity index (χ4n) is 2.50. The summed E-state index contributed by atoms with van der Waals surface area (Å²) in [4.78, 5) is 27.4. The van der Waals surface area contributed by atoms with Gasteiger partial charge in [-0.25, -0.2) is 4.79 Å². The van der Waals surface area contributed by atoms with E-state index in [0.29, 0.717) is 11.3 Å². The Morgan fingerprint density at radius 3 is 2.46 bits per heavy atom. The van der Waals surface area contributed by atoms with E-state index >= 15 is 0 Å². The van der Waals surface area contributed by atoms with Crippen LogP contribution < -0.4 is 10.1 Å². The standard InChI is InChI=1S/C19H22N2O4.ClH/c1-13-9-14(2)18(15(3)10-13)25-12-17(22)24-8-7-21-19(23)16-5-4-6-20-11-16;/h4-6,9-11H,7-8,12H2,1-3H3,(H,21,23);1H. The molecule has 1 aromatic carbocycles. The summed E-state index contributed by atoms with van der Waals surface area (Å²) < 4.78 is 10.6. The van der Waals surface area contributed by atoms with Gasteiger partial charge in [-0.2, -0.15) is 0 Å². The number of nitrogens with zero attached hydrogens (tertiary/aromatic N) is 1. The molecule has 2 rings (SSSR count).